The van der Waals surface area contributed by atoms with Crippen molar-refractivity contribution in [3.63, 3.8) is 0 Å². The molecule has 0 rings (SSSR count). The van der Waals surface area contributed by atoms with Crippen molar-refractivity contribution in [3.05, 3.63) is 36.5 Å². The molecule has 322 valence electrons. The Labute approximate surface area is 338 Å². The third-order valence-electron chi connectivity index (χ3n) is 9.43. The Balaban J connectivity index is 4.36. The lowest BCUT2D eigenvalue weighted by Gasteiger charge is -2.24. The van der Waals surface area contributed by atoms with Gasteiger partial charge in [0.05, 0.1) is 27.7 Å². The highest BCUT2D eigenvalue weighted by molar-refractivity contribution is 7.47. The molecule has 0 bridgehead atoms. The van der Waals surface area contributed by atoms with E-state index in [1.807, 2.05) is 21.1 Å². The maximum atomic E-state index is 12.7. The van der Waals surface area contributed by atoms with Gasteiger partial charge in [0.25, 0.3) is 0 Å². The van der Waals surface area contributed by atoms with Crippen LogP contribution in [-0.4, -0.2) is 74.9 Å². The Hall–Kier alpha value is -1.77. The van der Waals surface area contributed by atoms with Crippen LogP contribution in [0.25, 0.3) is 0 Å². The predicted molar refractivity (Wildman–Crippen MR) is 229 cm³/mol. The van der Waals surface area contributed by atoms with E-state index in [1.54, 1.807) is 0 Å². The van der Waals surface area contributed by atoms with Crippen molar-refractivity contribution < 1.29 is 42.1 Å². The van der Waals surface area contributed by atoms with Gasteiger partial charge in [0.15, 0.2) is 6.10 Å². The summed E-state index contributed by atoms with van der Waals surface area (Å²) in [5.41, 5.74) is 0. The van der Waals surface area contributed by atoms with Crippen molar-refractivity contribution in [2.75, 3.05) is 47.5 Å². The van der Waals surface area contributed by atoms with Crippen molar-refractivity contribution in [2.45, 2.75) is 193 Å². The van der Waals surface area contributed by atoms with E-state index in [9.17, 15) is 19.0 Å². The first kappa shape index (κ1) is 53.2. The van der Waals surface area contributed by atoms with Gasteiger partial charge in [0, 0.05) is 12.8 Å². The maximum Gasteiger partial charge on any atom is 0.472 e. The van der Waals surface area contributed by atoms with Gasteiger partial charge < -0.3 is 18.9 Å². The summed E-state index contributed by atoms with van der Waals surface area (Å²) in [6, 6.07) is 0. The topological polar surface area (TPSA) is 108 Å². The normalized spacial score (nSPS) is 13.9. The van der Waals surface area contributed by atoms with Crippen LogP contribution in [0.3, 0.4) is 0 Å². The molecule has 10 heteroatoms. The lowest BCUT2D eigenvalue weighted by Crippen LogP contribution is -2.37. The van der Waals surface area contributed by atoms with Gasteiger partial charge in [0.1, 0.15) is 19.8 Å². The van der Waals surface area contributed by atoms with E-state index in [0.717, 1.165) is 70.6 Å². The number of phosphoric acid groups is 1. The van der Waals surface area contributed by atoms with Gasteiger partial charge in [-0.15, -0.1) is 0 Å². The van der Waals surface area contributed by atoms with Crippen LogP contribution in [-0.2, 0) is 32.7 Å². The summed E-state index contributed by atoms with van der Waals surface area (Å²) in [7, 11) is 1.47. The van der Waals surface area contributed by atoms with Gasteiger partial charge in [-0.1, -0.05) is 166 Å². The summed E-state index contributed by atoms with van der Waals surface area (Å²) in [4.78, 5) is 35.4. The average molecular weight is 799 g/mol. The molecule has 0 aliphatic heterocycles. The number of hydrogen-bond donors (Lipinski definition) is 1. The van der Waals surface area contributed by atoms with Crippen LogP contribution in [0.4, 0.5) is 0 Å². The monoisotopic (exact) mass is 799 g/mol. The molecule has 0 radical (unpaired) electrons. The van der Waals surface area contributed by atoms with Crippen LogP contribution >= 0.6 is 7.82 Å². The minimum atomic E-state index is -4.38. The summed E-state index contributed by atoms with van der Waals surface area (Å²) < 4.78 is 34.3. The number of ether oxygens (including phenoxy) is 2. The van der Waals surface area contributed by atoms with Gasteiger partial charge in [-0.05, 0) is 44.9 Å². The third kappa shape index (κ3) is 41.7. The highest BCUT2D eigenvalue weighted by atomic mass is 31.2. The average Bonchev–Trinajstić information content (AvgIpc) is 3.13. The fourth-order valence-electron chi connectivity index (χ4n) is 5.97. The number of likely N-dealkylation sites (N-methyl/N-ethyl adjacent to an activating group) is 1. The minimum Gasteiger partial charge on any atom is -0.462 e. The molecule has 0 aromatic rings. The number of esters is 2. The van der Waals surface area contributed by atoms with Crippen molar-refractivity contribution in [1.82, 2.24) is 0 Å². The second-order valence-corrected chi connectivity index (χ2v) is 17.5. The minimum absolute atomic E-state index is 0.0286. The zero-order chi connectivity index (χ0) is 40.7. The van der Waals surface area contributed by atoms with Gasteiger partial charge >= 0.3 is 19.8 Å². The summed E-state index contributed by atoms with van der Waals surface area (Å²) >= 11 is 0. The molecule has 0 spiro atoms. The zero-order valence-corrected chi connectivity index (χ0v) is 37.1. The van der Waals surface area contributed by atoms with E-state index in [0.29, 0.717) is 17.4 Å². The first-order valence-corrected chi connectivity index (χ1v) is 23.7. The smallest absolute Gasteiger partial charge is 0.462 e. The number of rotatable bonds is 40. The first-order valence-electron chi connectivity index (χ1n) is 22.2. The van der Waals surface area contributed by atoms with Crippen molar-refractivity contribution >= 4 is 19.8 Å². The lowest BCUT2D eigenvalue weighted by atomic mass is 10.0. The molecule has 0 saturated carbocycles. The van der Waals surface area contributed by atoms with Crippen LogP contribution in [0.15, 0.2) is 36.5 Å². The third-order valence-corrected chi connectivity index (χ3v) is 10.4. The molecule has 0 aliphatic rings. The number of carbonyl (C=O) groups excluding carboxylic acids is 2. The largest absolute Gasteiger partial charge is 0.472 e. The SMILES string of the molecule is CC/C=C\C/C=C\C/C=C\CCCCCCCC(=O)O[C@H](COC(=O)CCCCCCCCCCCCCCCCCC)COP(=O)(O)OCC[N+](C)(C)C. The van der Waals surface area contributed by atoms with Gasteiger partial charge in [-0.3, -0.25) is 18.6 Å². The molecule has 0 amide bonds. The highest BCUT2D eigenvalue weighted by Crippen LogP contribution is 2.43. The van der Waals surface area contributed by atoms with Crippen LogP contribution in [0.5, 0.6) is 0 Å². The van der Waals surface area contributed by atoms with E-state index in [-0.39, 0.29) is 32.0 Å². The van der Waals surface area contributed by atoms with E-state index >= 15 is 0 Å². The van der Waals surface area contributed by atoms with Crippen LogP contribution in [0, 0.1) is 0 Å². The van der Waals surface area contributed by atoms with E-state index in [4.69, 9.17) is 18.5 Å². The molecule has 0 aromatic heterocycles. The number of hydrogen-bond acceptors (Lipinski definition) is 7. The zero-order valence-electron chi connectivity index (χ0n) is 36.2. The van der Waals surface area contributed by atoms with E-state index in [2.05, 4.69) is 50.3 Å². The number of phosphoric ester groups is 1. The number of unbranched alkanes of at least 4 members (excludes halogenated alkanes) is 20. The second-order valence-electron chi connectivity index (χ2n) is 16.1. The molecule has 0 saturated heterocycles. The fraction of sp³-hybridized carbons (Fsp3) is 0.822. The number of quaternary nitrogens is 1. The van der Waals surface area contributed by atoms with Crippen LogP contribution < -0.4 is 0 Å². The molecule has 1 N–H and O–H groups in total. The summed E-state index contributed by atoms with van der Waals surface area (Å²) in [5.74, 6) is -0.814. The Morgan fingerprint density at radius 1 is 0.582 bits per heavy atom. The summed E-state index contributed by atoms with van der Waals surface area (Å²) in [5, 5.41) is 0. The first-order chi connectivity index (χ1) is 26.5. The molecule has 0 aliphatic carbocycles. The van der Waals surface area contributed by atoms with Crippen LogP contribution in [0.2, 0.25) is 0 Å². The number of allylic oxidation sites excluding steroid dienone is 6. The fourth-order valence-corrected chi connectivity index (χ4v) is 6.71. The van der Waals surface area contributed by atoms with Crippen molar-refractivity contribution in [2.24, 2.45) is 0 Å². The van der Waals surface area contributed by atoms with Crippen molar-refractivity contribution in [1.29, 1.82) is 0 Å². The van der Waals surface area contributed by atoms with Crippen LogP contribution in [0.1, 0.15) is 187 Å². The quantitative estimate of drug-likeness (QED) is 0.0215. The van der Waals surface area contributed by atoms with E-state index < -0.39 is 26.5 Å². The van der Waals surface area contributed by atoms with Crippen molar-refractivity contribution in [3.8, 4) is 0 Å². The molecule has 0 heterocycles. The molecular formula is C45H85NO8P+. The maximum absolute atomic E-state index is 12.7. The Morgan fingerprint density at radius 2 is 1.04 bits per heavy atom. The Morgan fingerprint density at radius 3 is 1.55 bits per heavy atom. The number of nitrogens with zero attached hydrogens (tertiary/aromatic N) is 1. The molecule has 0 aromatic carbocycles. The predicted octanol–water partition coefficient (Wildman–Crippen LogP) is 12.5. The second kappa shape index (κ2) is 37.8. The standard InChI is InChI=1S/C45H84NO8P/c1-6-8-10-12-14-16-18-20-22-24-25-27-29-31-33-35-37-44(47)51-41-43(42-53-55(49,50)52-40-39-46(3,4)5)54-45(48)38-36-34-32-30-28-26-23-21-19-17-15-13-11-9-7-2/h9,11,15,17,21,23,43H,6-8,10,12-14,16,18-20,22,24-42H2,1-5H3/p+1/b11-9-,17-15-,23-21-/t43-/m1/s1. The lowest BCUT2D eigenvalue weighted by molar-refractivity contribution is -0.870. The Bertz CT molecular complexity index is 1040. The molecular weight excluding hydrogens is 713 g/mol. The molecule has 9 nitrogen and oxygen atoms in total. The molecule has 55 heavy (non-hydrogen) atoms. The van der Waals surface area contributed by atoms with Gasteiger partial charge in [0.2, 0.25) is 0 Å². The molecule has 0 fully saturated rings. The Kier molecular flexibility index (Phi) is 36.6. The summed E-state index contributed by atoms with van der Waals surface area (Å²) in [6.07, 6.45) is 41.9. The molecule has 2 atom stereocenters. The van der Waals surface area contributed by atoms with Gasteiger partial charge in [-0.25, -0.2) is 4.57 Å². The highest BCUT2D eigenvalue weighted by Gasteiger charge is 2.27. The number of carbonyl (C=O) groups is 2. The van der Waals surface area contributed by atoms with Gasteiger partial charge in [-0.2, -0.15) is 0 Å². The van der Waals surface area contributed by atoms with E-state index in [1.165, 1.54) is 83.5 Å². The summed E-state index contributed by atoms with van der Waals surface area (Å²) in [6.45, 7) is 4.30. The molecule has 1 unspecified atom stereocenters.